The maximum atomic E-state index is 12.0. The number of carbonyl (C=O) groups excluding carboxylic acids is 2. The van der Waals surface area contributed by atoms with Gasteiger partial charge in [-0.05, 0) is 80.1 Å². The first-order valence-corrected chi connectivity index (χ1v) is 14.7. The Morgan fingerprint density at radius 1 is 0.579 bits per heavy atom. The van der Waals surface area contributed by atoms with Gasteiger partial charge in [-0.3, -0.25) is 9.80 Å². The second-order valence-electron chi connectivity index (χ2n) is 13.5. The van der Waals surface area contributed by atoms with E-state index in [4.69, 9.17) is 20.9 Å². The molecule has 0 aromatic heterocycles. The van der Waals surface area contributed by atoms with Gasteiger partial charge >= 0.3 is 12.2 Å². The Bertz CT molecular complexity index is 702. The van der Waals surface area contributed by atoms with Crippen LogP contribution in [0.4, 0.5) is 9.59 Å². The van der Waals surface area contributed by atoms with Crippen LogP contribution >= 0.6 is 0 Å². The summed E-state index contributed by atoms with van der Waals surface area (Å²) in [5.74, 6) is 0. The number of nitrogens with zero attached hydrogens (tertiary/aromatic N) is 4. The van der Waals surface area contributed by atoms with Gasteiger partial charge in [0.15, 0.2) is 0 Å². The number of nitrogens with two attached hydrogens (primary N) is 2. The molecule has 0 spiro atoms. The van der Waals surface area contributed by atoms with E-state index < -0.39 is 11.2 Å². The molecule has 38 heavy (non-hydrogen) atoms. The van der Waals surface area contributed by atoms with E-state index in [-0.39, 0.29) is 12.2 Å². The van der Waals surface area contributed by atoms with Crippen molar-refractivity contribution in [3.63, 3.8) is 0 Å². The largest absolute Gasteiger partial charge is 0.444 e. The van der Waals surface area contributed by atoms with E-state index in [1.807, 2.05) is 51.3 Å². The second kappa shape index (κ2) is 13.2. The molecule has 220 valence electrons. The highest BCUT2D eigenvalue weighted by atomic mass is 16.6. The lowest BCUT2D eigenvalue weighted by atomic mass is 10.0. The molecule has 4 saturated heterocycles. The summed E-state index contributed by atoms with van der Waals surface area (Å²) < 4.78 is 10.8. The number of hydrogen-bond donors (Lipinski definition) is 2. The number of piperidine rings is 2. The molecule has 2 atom stereocenters. The molecular weight excluding hydrogens is 484 g/mol. The average molecular weight is 539 g/mol. The van der Waals surface area contributed by atoms with Crippen LogP contribution in [0.2, 0.25) is 0 Å². The normalized spacial score (nSPS) is 26.7. The van der Waals surface area contributed by atoms with Gasteiger partial charge in [-0.15, -0.1) is 0 Å². The van der Waals surface area contributed by atoms with Crippen molar-refractivity contribution in [2.24, 2.45) is 11.5 Å². The van der Waals surface area contributed by atoms with Gasteiger partial charge in [-0.2, -0.15) is 0 Å². The quantitative estimate of drug-likeness (QED) is 0.551. The molecular formula is C28H54N6O4. The molecule has 4 fully saturated rings. The van der Waals surface area contributed by atoms with Crippen molar-refractivity contribution >= 4 is 12.2 Å². The Labute approximate surface area is 230 Å². The minimum Gasteiger partial charge on any atom is -0.444 e. The lowest BCUT2D eigenvalue weighted by Crippen LogP contribution is -2.47. The molecule has 10 nitrogen and oxygen atoms in total. The van der Waals surface area contributed by atoms with Crippen LogP contribution < -0.4 is 11.5 Å². The Balaban J connectivity index is 0.000000211. The zero-order chi connectivity index (χ0) is 28.1. The first-order valence-electron chi connectivity index (χ1n) is 14.7. The van der Waals surface area contributed by atoms with Gasteiger partial charge in [0.1, 0.15) is 11.2 Å². The number of likely N-dealkylation sites (tertiary alicyclic amines) is 4. The van der Waals surface area contributed by atoms with Crippen molar-refractivity contribution in [2.45, 2.75) is 115 Å². The van der Waals surface area contributed by atoms with Crippen LogP contribution in [-0.4, -0.2) is 120 Å². The fourth-order valence-corrected chi connectivity index (χ4v) is 5.77. The van der Waals surface area contributed by atoms with Crippen molar-refractivity contribution in [3.8, 4) is 0 Å². The molecule has 0 aromatic carbocycles. The highest BCUT2D eigenvalue weighted by molar-refractivity contribution is 5.68. The van der Waals surface area contributed by atoms with E-state index >= 15 is 0 Å². The van der Waals surface area contributed by atoms with E-state index in [1.165, 1.54) is 0 Å². The first-order chi connectivity index (χ1) is 17.7. The fourth-order valence-electron chi connectivity index (χ4n) is 5.77. The van der Waals surface area contributed by atoms with Crippen molar-refractivity contribution in [1.82, 2.24) is 19.6 Å². The Morgan fingerprint density at radius 3 is 1.13 bits per heavy atom. The molecule has 4 aliphatic rings. The highest BCUT2D eigenvalue weighted by Gasteiger charge is 2.33. The topological polar surface area (TPSA) is 118 Å². The lowest BCUT2D eigenvalue weighted by molar-refractivity contribution is 0.0145. The molecule has 4 rings (SSSR count). The van der Waals surface area contributed by atoms with Gasteiger partial charge in [0, 0.05) is 76.5 Å². The SMILES string of the molecule is CC(C)(C)OC(=O)N1CCC(N2CCC(N)C2)CC1.CC(C)(C)OC(=O)N1CCC(N2CCC(N)C2)CC1. The first kappa shape index (κ1) is 30.9. The molecule has 0 radical (unpaired) electrons. The van der Waals surface area contributed by atoms with Crippen molar-refractivity contribution in [3.05, 3.63) is 0 Å². The summed E-state index contributed by atoms with van der Waals surface area (Å²) >= 11 is 0. The Morgan fingerprint density at radius 2 is 0.895 bits per heavy atom. The Kier molecular flexibility index (Phi) is 10.7. The van der Waals surface area contributed by atoms with Crippen LogP contribution in [0.3, 0.4) is 0 Å². The molecule has 10 heteroatoms. The van der Waals surface area contributed by atoms with E-state index in [0.717, 1.165) is 90.9 Å². The molecule has 4 heterocycles. The predicted molar refractivity (Wildman–Crippen MR) is 150 cm³/mol. The molecule has 4 N–H and O–H groups in total. The summed E-state index contributed by atoms with van der Waals surface area (Å²) in [5, 5.41) is 0. The van der Waals surface area contributed by atoms with Crippen LogP contribution in [0.5, 0.6) is 0 Å². The van der Waals surface area contributed by atoms with Crippen molar-refractivity contribution in [1.29, 1.82) is 0 Å². The third kappa shape index (κ3) is 9.84. The van der Waals surface area contributed by atoms with Gasteiger partial charge in [-0.1, -0.05) is 0 Å². The molecule has 4 aliphatic heterocycles. The minimum absolute atomic E-state index is 0.177. The fraction of sp³-hybridized carbons (Fsp3) is 0.929. The Hall–Kier alpha value is -1.62. The zero-order valence-corrected chi connectivity index (χ0v) is 24.8. The number of carbonyl (C=O) groups is 2. The van der Waals surface area contributed by atoms with Gasteiger partial charge < -0.3 is 30.7 Å². The summed E-state index contributed by atoms with van der Waals surface area (Å²) in [6.45, 7) is 18.9. The molecule has 0 bridgehead atoms. The maximum absolute atomic E-state index is 12.0. The molecule has 0 saturated carbocycles. The standard InChI is InChI=1S/2C14H27N3O2/c2*1-14(2,3)19-13(18)16-8-5-12(6-9-16)17-7-4-11(15)10-17/h2*11-12H,4-10,15H2,1-3H3. The zero-order valence-electron chi connectivity index (χ0n) is 24.8. The number of amides is 2. The smallest absolute Gasteiger partial charge is 0.410 e. The van der Waals surface area contributed by atoms with E-state index in [9.17, 15) is 9.59 Å². The van der Waals surface area contributed by atoms with Gasteiger partial charge in [-0.25, -0.2) is 9.59 Å². The predicted octanol–water partition coefficient (Wildman–Crippen LogP) is 2.84. The molecule has 0 aromatic rings. The molecule has 2 amide bonds. The van der Waals surface area contributed by atoms with Crippen LogP contribution in [0.1, 0.15) is 80.1 Å². The van der Waals surface area contributed by atoms with E-state index in [0.29, 0.717) is 24.2 Å². The van der Waals surface area contributed by atoms with Gasteiger partial charge in [0.05, 0.1) is 0 Å². The number of ether oxygens (including phenoxy) is 2. The molecule has 2 unspecified atom stereocenters. The average Bonchev–Trinajstić information content (AvgIpc) is 3.46. The van der Waals surface area contributed by atoms with Crippen LogP contribution in [0.25, 0.3) is 0 Å². The summed E-state index contributed by atoms with van der Waals surface area (Å²) in [4.78, 5) is 32.6. The summed E-state index contributed by atoms with van der Waals surface area (Å²) in [6, 6.07) is 1.85. The summed E-state index contributed by atoms with van der Waals surface area (Å²) in [7, 11) is 0. The van der Waals surface area contributed by atoms with Crippen LogP contribution in [0, 0.1) is 0 Å². The maximum Gasteiger partial charge on any atom is 0.410 e. The monoisotopic (exact) mass is 538 g/mol. The van der Waals surface area contributed by atoms with Crippen LogP contribution in [0.15, 0.2) is 0 Å². The third-order valence-corrected chi connectivity index (χ3v) is 7.78. The van der Waals surface area contributed by atoms with Gasteiger partial charge in [0.25, 0.3) is 0 Å². The van der Waals surface area contributed by atoms with Crippen molar-refractivity contribution in [2.75, 3.05) is 52.4 Å². The lowest BCUT2D eigenvalue weighted by Gasteiger charge is -2.37. The number of rotatable bonds is 2. The minimum atomic E-state index is -0.407. The van der Waals surface area contributed by atoms with Gasteiger partial charge in [0.2, 0.25) is 0 Å². The molecule has 0 aliphatic carbocycles. The highest BCUT2D eigenvalue weighted by Crippen LogP contribution is 2.23. The second-order valence-corrected chi connectivity index (χ2v) is 13.5. The van der Waals surface area contributed by atoms with E-state index in [2.05, 4.69) is 9.80 Å². The number of hydrogen-bond acceptors (Lipinski definition) is 8. The van der Waals surface area contributed by atoms with Crippen molar-refractivity contribution < 1.29 is 19.1 Å². The van der Waals surface area contributed by atoms with E-state index in [1.54, 1.807) is 0 Å². The summed E-state index contributed by atoms with van der Waals surface area (Å²) in [6.07, 6.45) is 5.99. The third-order valence-electron chi connectivity index (χ3n) is 7.78. The summed E-state index contributed by atoms with van der Waals surface area (Å²) in [5.41, 5.74) is 11.1. The van der Waals surface area contributed by atoms with Crippen LogP contribution in [-0.2, 0) is 9.47 Å².